The Labute approximate surface area is 112 Å². The van der Waals surface area contributed by atoms with E-state index in [1.165, 1.54) is 12.1 Å². The minimum Gasteiger partial charge on any atom is -0.478 e. The fourth-order valence-electron chi connectivity index (χ4n) is 1.62. The maximum Gasteiger partial charge on any atom is 0.339 e. The molecule has 0 bridgehead atoms. The number of carboxylic acids is 1. The molecule has 0 saturated heterocycles. The Balaban J connectivity index is 2.98. The predicted molar refractivity (Wildman–Crippen MR) is 72.3 cm³/mol. The second kappa shape index (κ2) is 6.73. The van der Waals surface area contributed by atoms with E-state index in [1.54, 1.807) is 24.3 Å². The van der Waals surface area contributed by atoms with Crippen LogP contribution in [0.3, 0.4) is 0 Å². The largest absolute Gasteiger partial charge is 0.478 e. The van der Waals surface area contributed by atoms with E-state index in [4.69, 9.17) is 9.84 Å². The van der Waals surface area contributed by atoms with E-state index in [2.05, 4.69) is 0 Å². The summed E-state index contributed by atoms with van der Waals surface area (Å²) in [4.78, 5) is 23.1. The maximum atomic E-state index is 12.0. The fourth-order valence-corrected chi connectivity index (χ4v) is 1.62. The van der Waals surface area contributed by atoms with Gasteiger partial charge in [0.2, 0.25) is 0 Å². The SMILES string of the molecule is C/C=C/[C@@H](OC(=O)c1ccccc1C(=O)O)C(C)C. The van der Waals surface area contributed by atoms with Gasteiger partial charge in [0.1, 0.15) is 6.10 Å². The van der Waals surface area contributed by atoms with Gasteiger partial charge >= 0.3 is 11.9 Å². The summed E-state index contributed by atoms with van der Waals surface area (Å²) in [6.07, 6.45) is 3.23. The van der Waals surface area contributed by atoms with Crippen molar-refractivity contribution in [1.82, 2.24) is 0 Å². The Bertz CT molecular complexity index is 489. The van der Waals surface area contributed by atoms with Gasteiger partial charge in [-0.15, -0.1) is 0 Å². The second-order valence-corrected chi connectivity index (χ2v) is 4.49. The van der Waals surface area contributed by atoms with Crippen LogP contribution in [0.2, 0.25) is 0 Å². The van der Waals surface area contributed by atoms with Crippen molar-refractivity contribution < 1.29 is 19.4 Å². The average molecular weight is 262 g/mol. The van der Waals surface area contributed by atoms with Gasteiger partial charge in [0, 0.05) is 0 Å². The predicted octanol–water partition coefficient (Wildman–Crippen LogP) is 3.14. The lowest BCUT2D eigenvalue weighted by Gasteiger charge is -2.18. The van der Waals surface area contributed by atoms with E-state index in [0.717, 1.165) is 0 Å². The number of ether oxygens (including phenoxy) is 1. The van der Waals surface area contributed by atoms with Crippen LogP contribution < -0.4 is 0 Å². The summed E-state index contributed by atoms with van der Waals surface area (Å²) in [5.74, 6) is -1.63. The van der Waals surface area contributed by atoms with Crippen molar-refractivity contribution in [3.8, 4) is 0 Å². The van der Waals surface area contributed by atoms with Gasteiger partial charge in [-0.2, -0.15) is 0 Å². The topological polar surface area (TPSA) is 63.6 Å². The molecule has 1 N–H and O–H groups in total. The Morgan fingerprint density at radius 1 is 1.21 bits per heavy atom. The van der Waals surface area contributed by atoms with Crippen LogP contribution in [0.4, 0.5) is 0 Å². The van der Waals surface area contributed by atoms with Gasteiger partial charge in [0.05, 0.1) is 11.1 Å². The maximum absolute atomic E-state index is 12.0. The third-order valence-electron chi connectivity index (χ3n) is 2.66. The fraction of sp³-hybridized carbons (Fsp3) is 0.333. The quantitative estimate of drug-likeness (QED) is 0.654. The summed E-state index contributed by atoms with van der Waals surface area (Å²) in [6.45, 7) is 5.70. The molecule has 102 valence electrons. The molecule has 1 rings (SSSR count). The van der Waals surface area contributed by atoms with Crippen molar-refractivity contribution in [3.63, 3.8) is 0 Å². The Kier molecular flexibility index (Phi) is 5.30. The number of carboxylic acid groups (broad SMARTS) is 1. The molecule has 0 saturated carbocycles. The molecule has 0 unspecified atom stereocenters. The molecule has 4 nitrogen and oxygen atoms in total. The normalized spacial score (nSPS) is 12.6. The Hall–Kier alpha value is -2.10. The monoisotopic (exact) mass is 262 g/mol. The van der Waals surface area contributed by atoms with E-state index in [9.17, 15) is 9.59 Å². The molecule has 1 aromatic carbocycles. The lowest BCUT2D eigenvalue weighted by atomic mass is 10.1. The van der Waals surface area contributed by atoms with Crippen LogP contribution in [0.15, 0.2) is 36.4 Å². The first-order valence-corrected chi connectivity index (χ1v) is 6.13. The molecule has 0 fully saturated rings. The Morgan fingerprint density at radius 3 is 2.26 bits per heavy atom. The molecule has 0 aliphatic carbocycles. The van der Waals surface area contributed by atoms with Crippen molar-refractivity contribution in [2.75, 3.05) is 0 Å². The van der Waals surface area contributed by atoms with Crippen LogP contribution in [0.1, 0.15) is 41.5 Å². The highest BCUT2D eigenvalue weighted by molar-refractivity contribution is 6.02. The van der Waals surface area contributed by atoms with Crippen molar-refractivity contribution in [3.05, 3.63) is 47.5 Å². The highest BCUT2D eigenvalue weighted by Gasteiger charge is 2.21. The number of hydrogen-bond donors (Lipinski definition) is 1. The van der Waals surface area contributed by atoms with Gasteiger partial charge in [0.15, 0.2) is 0 Å². The highest BCUT2D eigenvalue weighted by Crippen LogP contribution is 2.15. The third kappa shape index (κ3) is 3.95. The van der Waals surface area contributed by atoms with Gasteiger partial charge < -0.3 is 9.84 Å². The number of allylic oxidation sites excluding steroid dienone is 1. The van der Waals surface area contributed by atoms with Gasteiger partial charge in [-0.25, -0.2) is 9.59 Å². The summed E-state index contributed by atoms with van der Waals surface area (Å²) in [5.41, 5.74) is 0.0284. The summed E-state index contributed by atoms with van der Waals surface area (Å²) in [6, 6.07) is 6.03. The zero-order valence-electron chi connectivity index (χ0n) is 11.3. The number of carbonyl (C=O) groups excluding carboxylic acids is 1. The smallest absolute Gasteiger partial charge is 0.339 e. The molecule has 1 atom stereocenters. The first-order chi connectivity index (χ1) is 8.97. The van der Waals surface area contributed by atoms with E-state index >= 15 is 0 Å². The minimum atomic E-state index is -1.14. The van der Waals surface area contributed by atoms with Gasteiger partial charge in [-0.1, -0.05) is 32.1 Å². The lowest BCUT2D eigenvalue weighted by Crippen LogP contribution is -2.23. The zero-order valence-corrected chi connectivity index (χ0v) is 11.3. The number of esters is 1. The number of rotatable bonds is 5. The molecule has 0 aromatic heterocycles. The molecule has 0 aliphatic rings. The molecular weight excluding hydrogens is 244 g/mol. The van der Waals surface area contributed by atoms with Gasteiger partial charge in [-0.05, 0) is 31.1 Å². The van der Waals surface area contributed by atoms with Crippen LogP contribution in [-0.2, 0) is 4.74 Å². The van der Waals surface area contributed by atoms with Crippen molar-refractivity contribution in [1.29, 1.82) is 0 Å². The zero-order chi connectivity index (χ0) is 14.4. The lowest BCUT2D eigenvalue weighted by molar-refractivity contribution is 0.0303. The first kappa shape index (κ1) is 15.0. The molecule has 0 aliphatic heterocycles. The molecular formula is C15H18O4. The standard InChI is InChI=1S/C15H18O4/c1-4-7-13(10(2)3)19-15(18)12-9-6-5-8-11(12)14(16)17/h4-10,13H,1-3H3,(H,16,17)/b7-4+/t13-/m1/s1. The van der Waals surface area contributed by atoms with Crippen LogP contribution >= 0.6 is 0 Å². The van der Waals surface area contributed by atoms with Gasteiger partial charge in [0.25, 0.3) is 0 Å². The summed E-state index contributed by atoms with van der Waals surface area (Å²) < 4.78 is 5.34. The number of carbonyl (C=O) groups is 2. The molecule has 1 aromatic rings. The molecule has 0 radical (unpaired) electrons. The van der Waals surface area contributed by atoms with E-state index < -0.39 is 11.9 Å². The number of aromatic carboxylic acids is 1. The third-order valence-corrected chi connectivity index (χ3v) is 2.66. The summed E-state index contributed by atoms with van der Waals surface area (Å²) in [7, 11) is 0. The molecule has 0 heterocycles. The van der Waals surface area contributed by atoms with Gasteiger partial charge in [-0.3, -0.25) is 0 Å². The van der Waals surface area contributed by atoms with E-state index in [1.807, 2.05) is 20.8 Å². The van der Waals surface area contributed by atoms with Crippen molar-refractivity contribution in [2.24, 2.45) is 5.92 Å². The van der Waals surface area contributed by atoms with Crippen LogP contribution in [0.5, 0.6) is 0 Å². The Morgan fingerprint density at radius 2 is 1.79 bits per heavy atom. The van der Waals surface area contributed by atoms with Crippen LogP contribution in [0, 0.1) is 5.92 Å². The van der Waals surface area contributed by atoms with E-state index in [-0.39, 0.29) is 23.1 Å². The number of benzene rings is 1. The minimum absolute atomic E-state index is 0.0458. The summed E-state index contributed by atoms with van der Waals surface area (Å²) >= 11 is 0. The summed E-state index contributed by atoms with van der Waals surface area (Å²) in [5, 5.41) is 9.04. The molecule has 19 heavy (non-hydrogen) atoms. The van der Waals surface area contributed by atoms with Crippen LogP contribution in [-0.4, -0.2) is 23.1 Å². The van der Waals surface area contributed by atoms with E-state index in [0.29, 0.717) is 0 Å². The molecule has 4 heteroatoms. The molecule has 0 spiro atoms. The number of hydrogen-bond acceptors (Lipinski definition) is 3. The van der Waals surface area contributed by atoms with Crippen molar-refractivity contribution in [2.45, 2.75) is 26.9 Å². The first-order valence-electron chi connectivity index (χ1n) is 6.13. The molecule has 0 amide bonds. The van der Waals surface area contributed by atoms with Crippen LogP contribution in [0.25, 0.3) is 0 Å². The van der Waals surface area contributed by atoms with Crippen molar-refractivity contribution >= 4 is 11.9 Å². The highest BCUT2D eigenvalue weighted by atomic mass is 16.5. The second-order valence-electron chi connectivity index (χ2n) is 4.49. The average Bonchev–Trinajstić information content (AvgIpc) is 2.37.